The summed E-state index contributed by atoms with van der Waals surface area (Å²) in [5, 5.41) is 36.2. The van der Waals surface area contributed by atoms with Crippen molar-refractivity contribution in [2.45, 2.75) is 71.9 Å². The van der Waals surface area contributed by atoms with Crippen LogP contribution in [0, 0.1) is 0 Å². The van der Waals surface area contributed by atoms with Gasteiger partial charge in [0, 0.05) is 118 Å². The van der Waals surface area contributed by atoms with Crippen molar-refractivity contribution in [3.05, 3.63) is 155 Å². The van der Waals surface area contributed by atoms with Crippen LogP contribution in [0.2, 0.25) is 0 Å². The zero-order valence-corrected chi connectivity index (χ0v) is 64.0. The average Bonchev–Trinajstić information content (AvgIpc) is 1.69. The molecule has 0 aliphatic carbocycles. The van der Waals surface area contributed by atoms with Gasteiger partial charge in [-0.25, -0.2) is 24.7 Å². The van der Waals surface area contributed by atoms with Gasteiger partial charge in [-0.3, -0.25) is 57.1 Å². The van der Waals surface area contributed by atoms with E-state index in [9.17, 15) is 67.0 Å². The van der Waals surface area contributed by atoms with Gasteiger partial charge in [-0.2, -0.15) is 0 Å². The summed E-state index contributed by atoms with van der Waals surface area (Å²) in [7, 11) is 14.6. The third-order valence-corrected chi connectivity index (χ3v) is 16.0. The summed E-state index contributed by atoms with van der Waals surface area (Å²) in [6, 6.07) is 12.6. The number of anilines is 8. The van der Waals surface area contributed by atoms with Crippen molar-refractivity contribution in [2.75, 3.05) is 104 Å². The maximum atomic E-state index is 13.1. The smallest absolute Gasteiger partial charge is 0.352 e. The Hall–Kier alpha value is -13.4. The number of aromatic amines is 1. The van der Waals surface area contributed by atoms with Gasteiger partial charge < -0.3 is 116 Å². The van der Waals surface area contributed by atoms with E-state index in [0.717, 1.165) is 48.5 Å². The highest BCUT2D eigenvalue weighted by Gasteiger charge is 2.25. The number of halogens is 1. The van der Waals surface area contributed by atoms with Gasteiger partial charge in [-0.1, -0.05) is 37.6 Å². The van der Waals surface area contributed by atoms with Crippen molar-refractivity contribution in [1.82, 2.24) is 72.4 Å². The Labute approximate surface area is 644 Å². The van der Waals surface area contributed by atoms with Crippen molar-refractivity contribution < 1.29 is 73.1 Å². The number of aromatic nitrogens is 12. The lowest BCUT2D eigenvalue weighted by atomic mass is 10.1. The van der Waals surface area contributed by atoms with Gasteiger partial charge in [-0.15, -0.1) is 0 Å². The fraction of sp³-hybridized carbons (Fsp3) is 0.361. The molecule has 0 spiro atoms. The third-order valence-electron chi connectivity index (χ3n) is 16.0. The van der Waals surface area contributed by atoms with E-state index in [1.807, 2.05) is 13.8 Å². The van der Waals surface area contributed by atoms with E-state index in [0.29, 0.717) is 60.1 Å². The van der Waals surface area contributed by atoms with Crippen LogP contribution >= 0.6 is 0 Å². The molecule has 0 atom stereocenters. The summed E-state index contributed by atoms with van der Waals surface area (Å²) in [6.45, 7) is 5.63. The molecule has 9 aromatic rings. The number of aromatic carboxylic acids is 1. The van der Waals surface area contributed by atoms with Crippen molar-refractivity contribution >= 4 is 117 Å². The average molecular weight is 1560 g/mol. The molecule has 1 aromatic carbocycles. The number of ketones is 1. The molecule has 40 heteroatoms. The number of aryl methyl sites for hydroxylation is 6. The number of carboxylic acids is 1. The van der Waals surface area contributed by atoms with E-state index in [-0.39, 0.29) is 101 Å². The number of imidazole rings is 4. The second kappa shape index (κ2) is 42.4. The molecule has 16 N–H and O–H groups in total. The number of nitrogens with zero attached hydrogens (tertiary/aromatic N) is 12. The summed E-state index contributed by atoms with van der Waals surface area (Å²) in [5.74, 6) is -5.61. The standard InChI is InChI=1S/C36H40N12O9.C30H39N11O5.C5H14N2.CH3F/c1-5-38-28(49)10-20-6-8-21(9-7-20)19-57-30(51)14-40-29(50)18-48-15-23(12-25(48)36(55)56)42-35(54)32-44-27(17-47(32)4)45-33(52)24-11-22(13-39-24)41-34(53)31-43-26(37-2)16-46(31)3;1-6-7-9-22(42)20-12-18(14-38(20)2)32-30(46)27-36-24(17-41(27)5)37-28(44)21-13-19(15-39(21)3)33-29(45)26-35-23(16-40(26)4)34-25(43)10-8-11-31;1-7(2)5-3-4-6;1-2/h6-9,11-13,15-17,37,39H,5,10,14,18-19H2,1-4H3,(H,38,49)(H,40,50)(H,41,53)(H,42,54)(H,45,52)(H,55,56);12-17H,6-11,31H2,1-5H3,(H,32,46)(H,33,45)(H,34,43)(H,37,44);3-6H2,1-2H3;1H3/i;;;1D. The zero-order valence-electron chi connectivity index (χ0n) is 65.0. The van der Waals surface area contributed by atoms with E-state index >= 15 is 0 Å². The number of nitrogens with two attached hydrogens (primary N) is 2. The quantitative estimate of drug-likeness (QED) is 0.0196. The van der Waals surface area contributed by atoms with Crippen LogP contribution in [0.5, 0.6) is 0 Å². The van der Waals surface area contributed by atoms with E-state index in [1.54, 1.807) is 100 Å². The lowest BCUT2D eigenvalue weighted by Crippen LogP contribution is -2.33. The van der Waals surface area contributed by atoms with Crippen LogP contribution in [-0.4, -0.2) is 199 Å². The number of alkyl halides is 1. The first-order valence-electron chi connectivity index (χ1n) is 35.7. The number of hydrogen-bond acceptors (Lipinski definition) is 21. The maximum absolute atomic E-state index is 13.1. The number of benzene rings is 1. The number of H-pyrrole nitrogens is 1. The van der Waals surface area contributed by atoms with Crippen molar-refractivity contribution in [3.63, 3.8) is 0 Å². The molecule has 112 heavy (non-hydrogen) atoms. The Morgan fingerprint density at radius 2 is 1.01 bits per heavy atom. The second-order valence-corrected chi connectivity index (χ2v) is 25.3. The highest BCUT2D eigenvalue weighted by atomic mass is 19.1. The number of ether oxygens (including phenoxy) is 1. The fourth-order valence-electron chi connectivity index (χ4n) is 10.5. The molecule has 9 amide bonds. The van der Waals surface area contributed by atoms with E-state index in [4.69, 9.17) is 17.6 Å². The topological polar surface area (TPSA) is 512 Å². The summed E-state index contributed by atoms with van der Waals surface area (Å²) in [6.07, 6.45) is 16.1. The van der Waals surface area contributed by atoms with Gasteiger partial charge in [0.1, 0.15) is 42.6 Å². The molecule has 0 radical (unpaired) electrons. The van der Waals surface area contributed by atoms with Crippen LogP contribution in [0.3, 0.4) is 0 Å². The fourth-order valence-corrected chi connectivity index (χ4v) is 10.5. The minimum Gasteiger partial charge on any atom is -0.477 e. The predicted octanol–water partition coefficient (Wildman–Crippen LogP) is 4.44. The molecule has 0 aliphatic rings. The Morgan fingerprint density at radius 3 is 1.50 bits per heavy atom. The molecule has 0 unspecified atom stereocenters. The van der Waals surface area contributed by atoms with Crippen LogP contribution < -0.4 is 64.6 Å². The number of carboxylic acid groups (broad SMARTS) is 1. The predicted molar refractivity (Wildman–Crippen MR) is 415 cm³/mol. The Kier molecular flexibility index (Phi) is 32.5. The highest BCUT2D eigenvalue weighted by Crippen LogP contribution is 2.23. The minimum absolute atomic E-state index is 0.000660. The number of nitrogens with one attached hydrogen (secondary N) is 11. The maximum Gasteiger partial charge on any atom is 0.352 e. The molecular formula is C72H96FN25O14. The second-order valence-electron chi connectivity index (χ2n) is 25.3. The minimum atomic E-state index is -1.38. The van der Waals surface area contributed by atoms with E-state index in [1.165, 1.54) is 68.4 Å². The first-order chi connectivity index (χ1) is 53.8. The monoisotopic (exact) mass is 1550 g/mol. The number of carbonyl (C=O) groups is 12. The SMILES string of the molecule is CCCCC(=O)c1cc(NC(=O)c2nc(NC(=O)c3cc(NC(=O)c4nc(NC(=O)CCCN)cn4C)cn3C)cn2C)cn1C.CCNC(=O)Cc1ccc(COC(=O)CNC(=O)Cn2cc(NC(=O)c3nc(NC(=O)c4cc(NC(=O)c5nc(NC)cn5C)c[nH]4)cn3C)cc2C(=O)O)cc1.CN(C)CCCN.[2H]CF. The first kappa shape index (κ1) is 85.9. The largest absolute Gasteiger partial charge is 0.477 e. The molecule has 0 bridgehead atoms. The number of likely N-dealkylation sites (N-methyl/N-ethyl adjacent to an activating group) is 1. The van der Waals surface area contributed by atoms with E-state index in [2.05, 4.69) is 97.1 Å². The highest BCUT2D eigenvalue weighted by molar-refractivity contribution is 6.09. The molecule has 0 aliphatic heterocycles. The van der Waals surface area contributed by atoms with Crippen LogP contribution in [0.25, 0.3) is 0 Å². The Morgan fingerprint density at radius 1 is 0.536 bits per heavy atom. The molecule has 39 nitrogen and oxygen atoms in total. The number of hydrogen-bond donors (Lipinski definition) is 14. The van der Waals surface area contributed by atoms with Crippen LogP contribution in [-0.2, 0) is 85.8 Å². The van der Waals surface area contributed by atoms with Crippen LogP contribution in [0.4, 0.5) is 50.4 Å². The summed E-state index contributed by atoms with van der Waals surface area (Å²) >= 11 is 0. The molecule has 600 valence electrons. The Balaban J connectivity index is 0.000000320. The van der Waals surface area contributed by atoms with Crippen LogP contribution in [0.1, 0.15) is 149 Å². The summed E-state index contributed by atoms with van der Waals surface area (Å²) in [5.41, 5.74) is 13.8. The molecule has 9 rings (SSSR count). The molecule has 0 saturated heterocycles. The summed E-state index contributed by atoms with van der Waals surface area (Å²) in [4.78, 5) is 172. The number of carbonyl (C=O) groups excluding carboxylic acids is 11. The van der Waals surface area contributed by atoms with Gasteiger partial charge in [0.15, 0.2) is 23.2 Å². The van der Waals surface area contributed by atoms with Crippen molar-refractivity contribution in [3.8, 4) is 0 Å². The number of Topliss-reactive ketones (excluding diaryl/α,β-unsaturated/α-hetero) is 1. The van der Waals surface area contributed by atoms with Gasteiger partial charge in [0.2, 0.25) is 41.0 Å². The van der Waals surface area contributed by atoms with Gasteiger partial charge in [-0.05, 0) is 95.3 Å². The first-order valence-corrected chi connectivity index (χ1v) is 34.9. The molecule has 0 fully saturated rings. The molecule has 8 heterocycles. The number of unbranched alkanes of at least 4 members (excludes halogenated alkanes) is 1. The van der Waals surface area contributed by atoms with Crippen LogP contribution in [0.15, 0.2) is 98.1 Å². The third kappa shape index (κ3) is 25.9. The van der Waals surface area contributed by atoms with Crippen molar-refractivity contribution in [1.29, 1.82) is 0 Å². The van der Waals surface area contributed by atoms with E-state index < -0.39 is 73.5 Å². The van der Waals surface area contributed by atoms with Gasteiger partial charge in [0.05, 0.1) is 43.4 Å². The molecule has 8 aromatic heterocycles. The number of rotatable bonds is 34. The Bertz CT molecular complexity index is 4820. The lowest BCUT2D eigenvalue weighted by molar-refractivity contribution is -0.145. The zero-order chi connectivity index (χ0) is 83.2. The van der Waals surface area contributed by atoms with Gasteiger partial charge in [0.25, 0.3) is 35.4 Å². The molecular weight excluding hydrogens is 1460 g/mol. The van der Waals surface area contributed by atoms with Crippen molar-refractivity contribution in [2.24, 2.45) is 53.8 Å². The number of esters is 1. The van der Waals surface area contributed by atoms with Gasteiger partial charge >= 0.3 is 11.9 Å². The number of amides is 9. The molecule has 0 saturated carbocycles. The summed E-state index contributed by atoms with van der Waals surface area (Å²) < 4.78 is 30.8. The lowest BCUT2D eigenvalue weighted by Gasteiger charge is -2.09. The normalized spacial score (nSPS) is 10.7.